The van der Waals surface area contributed by atoms with Crippen LogP contribution in [-0.2, 0) is 6.54 Å². The second-order valence-electron chi connectivity index (χ2n) is 5.94. The summed E-state index contributed by atoms with van der Waals surface area (Å²) in [6.07, 6.45) is 0. The second kappa shape index (κ2) is 6.65. The van der Waals surface area contributed by atoms with Crippen molar-refractivity contribution in [2.75, 3.05) is 0 Å². The summed E-state index contributed by atoms with van der Waals surface area (Å²) < 4.78 is 1.95. The smallest absolute Gasteiger partial charge is 0.124 e. The van der Waals surface area contributed by atoms with Gasteiger partial charge in [0.05, 0.1) is 17.9 Å². The summed E-state index contributed by atoms with van der Waals surface area (Å²) in [5.74, 6) is 0.260. The molecular formula is C22H18N2O. The van der Waals surface area contributed by atoms with Gasteiger partial charge in [-0.3, -0.25) is 4.68 Å². The lowest BCUT2D eigenvalue weighted by molar-refractivity contribution is 0.476. The number of phenolic OH excluding ortho intramolecular Hbond substituents is 1. The Bertz CT molecular complexity index is 975. The Hall–Kier alpha value is -3.33. The molecule has 0 aliphatic heterocycles. The number of hydrogen-bond donors (Lipinski definition) is 1. The molecule has 25 heavy (non-hydrogen) atoms. The Morgan fingerprint density at radius 2 is 1.40 bits per heavy atom. The van der Waals surface area contributed by atoms with Crippen molar-refractivity contribution in [1.29, 1.82) is 0 Å². The monoisotopic (exact) mass is 326 g/mol. The normalized spacial score (nSPS) is 10.7. The molecule has 0 saturated heterocycles. The first kappa shape index (κ1) is 15.2. The third-order valence-electron chi connectivity index (χ3n) is 4.20. The maximum atomic E-state index is 10.3. The minimum atomic E-state index is 0.260. The molecule has 0 amide bonds. The lowest BCUT2D eigenvalue weighted by atomic mass is 10.1. The van der Waals surface area contributed by atoms with Gasteiger partial charge in [-0.15, -0.1) is 0 Å². The molecule has 0 spiro atoms. The van der Waals surface area contributed by atoms with Gasteiger partial charge < -0.3 is 5.11 Å². The molecule has 0 unspecified atom stereocenters. The van der Waals surface area contributed by atoms with Gasteiger partial charge in [0.2, 0.25) is 0 Å². The van der Waals surface area contributed by atoms with Crippen molar-refractivity contribution >= 4 is 0 Å². The third kappa shape index (κ3) is 3.17. The Balaban J connectivity index is 1.83. The van der Waals surface area contributed by atoms with Gasteiger partial charge in [-0.1, -0.05) is 72.8 Å². The molecular weight excluding hydrogens is 308 g/mol. The second-order valence-corrected chi connectivity index (χ2v) is 5.94. The van der Waals surface area contributed by atoms with Crippen LogP contribution in [0.25, 0.3) is 22.5 Å². The summed E-state index contributed by atoms with van der Waals surface area (Å²) in [4.78, 5) is 0. The van der Waals surface area contributed by atoms with Crippen LogP contribution in [-0.4, -0.2) is 14.9 Å². The molecule has 3 heteroatoms. The molecule has 0 aliphatic rings. The van der Waals surface area contributed by atoms with Gasteiger partial charge in [-0.25, -0.2) is 0 Å². The van der Waals surface area contributed by atoms with Crippen molar-refractivity contribution in [3.8, 4) is 28.3 Å². The van der Waals surface area contributed by atoms with Crippen molar-refractivity contribution in [3.63, 3.8) is 0 Å². The summed E-state index contributed by atoms with van der Waals surface area (Å²) in [7, 11) is 0. The number of para-hydroxylation sites is 1. The van der Waals surface area contributed by atoms with Gasteiger partial charge in [-0.05, 0) is 23.8 Å². The van der Waals surface area contributed by atoms with Gasteiger partial charge in [0, 0.05) is 11.1 Å². The highest BCUT2D eigenvalue weighted by atomic mass is 16.3. The van der Waals surface area contributed by atoms with Gasteiger partial charge in [-0.2, -0.15) is 5.10 Å². The average molecular weight is 326 g/mol. The first-order chi connectivity index (χ1) is 12.3. The number of nitrogens with zero attached hydrogens (tertiary/aromatic N) is 2. The highest BCUT2D eigenvalue weighted by Gasteiger charge is 2.14. The molecule has 0 radical (unpaired) electrons. The van der Waals surface area contributed by atoms with E-state index >= 15 is 0 Å². The molecule has 0 aliphatic carbocycles. The minimum absolute atomic E-state index is 0.260. The van der Waals surface area contributed by atoms with Crippen molar-refractivity contribution in [1.82, 2.24) is 9.78 Å². The van der Waals surface area contributed by atoms with E-state index in [-0.39, 0.29) is 5.75 Å². The maximum Gasteiger partial charge on any atom is 0.124 e. The number of benzene rings is 3. The predicted molar refractivity (Wildman–Crippen MR) is 100 cm³/mol. The summed E-state index contributed by atoms with van der Waals surface area (Å²) in [5.41, 5.74) is 4.82. The van der Waals surface area contributed by atoms with Crippen LogP contribution in [0.1, 0.15) is 5.56 Å². The molecule has 0 atom stereocenters. The van der Waals surface area contributed by atoms with Crippen LogP contribution in [0, 0.1) is 0 Å². The predicted octanol–water partition coefficient (Wildman–Crippen LogP) is 4.97. The molecule has 4 rings (SSSR count). The van der Waals surface area contributed by atoms with Gasteiger partial charge >= 0.3 is 0 Å². The number of aromatic nitrogens is 2. The fourth-order valence-corrected chi connectivity index (χ4v) is 2.95. The van der Waals surface area contributed by atoms with Crippen molar-refractivity contribution in [2.45, 2.75) is 6.54 Å². The number of hydrogen-bond acceptors (Lipinski definition) is 2. The number of phenols is 1. The first-order valence-corrected chi connectivity index (χ1v) is 8.27. The summed E-state index contributed by atoms with van der Waals surface area (Å²) in [6.45, 7) is 0.650. The maximum absolute atomic E-state index is 10.3. The summed E-state index contributed by atoms with van der Waals surface area (Å²) in [6, 6.07) is 29.7. The highest BCUT2D eigenvalue weighted by molar-refractivity contribution is 5.72. The SMILES string of the molecule is Oc1ccccc1-c1cc(-c2ccccc2)nn1Cc1ccccc1. The molecule has 0 fully saturated rings. The topological polar surface area (TPSA) is 38.1 Å². The zero-order valence-corrected chi connectivity index (χ0v) is 13.7. The lowest BCUT2D eigenvalue weighted by Gasteiger charge is -2.09. The molecule has 3 aromatic carbocycles. The fourth-order valence-electron chi connectivity index (χ4n) is 2.95. The van der Waals surface area contributed by atoms with E-state index in [2.05, 4.69) is 12.1 Å². The third-order valence-corrected chi connectivity index (χ3v) is 4.20. The van der Waals surface area contributed by atoms with E-state index in [0.717, 1.165) is 22.5 Å². The van der Waals surface area contributed by atoms with E-state index in [0.29, 0.717) is 6.54 Å². The van der Waals surface area contributed by atoms with Crippen LogP contribution >= 0.6 is 0 Å². The molecule has 122 valence electrons. The molecule has 0 saturated carbocycles. The highest BCUT2D eigenvalue weighted by Crippen LogP contribution is 2.32. The lowest BCUT2D eigenvalue weighted by Crippen LogP contribution is -2.04. The van der Waals surface area contributed by atoms with E-state index in [1.165, 1.54) is 5.56 Å². The number of rotatable bonds is 4. The quantitative estimate of drug-likeness (QED) is 0.575. The summed E-state index contributed by atoms with van der Waals surface area (Å²) >= 11 is 0. The Labute approximate surface area is 146 Å². The van der Waals surface area contributed by atoms with Crippen LogP contribution in [0.2, 0.25) is 0 Å². The fraction of sp³-hybridized carbons (Fsp3) is 0.0455. The van der Waals surface area contributed by atoms with E-state index in [1.54, 1.807) is 6.07 Å². The molecule has 1 aromatic heterocycles. The van der Waals surface area contributed by atoms with Crippen LogP contribution in [0.15, 0.2) is 91.0 Å². The number of aromatic hydroxyl groups is 1. The van der Waals surface area contributed by atoms with E-state index in [1.807, 2.05) is 77.5 Å². The molecule has 1 N–H and O–H groups in total. The van der Waals surface area contributed by atoms with E-state index < -0.39 is 0 Å². The molecule has 3 nitrogen and oxygen atoms in total. The van der Waals surface area contributed by atoms with E-state index in [4.69, 9.17) is 5.10 Å². The zero-order chi connectivity index (χ0) is 17.1. The standard InChI is InChI=1S/C22H18N2O/c25-22-14-8-7-13-19(22)21-15-20(18-11-5-2-6-12-18)23-24(21)16-17-9-3-1-4-10-17/h1-15,25H,16H2. The summed E-state index contributed by atoms with van der Waals surface area (Å²) in [5, 5.41) is 15.1. The first-order valence-electron chi connectivity index (χ1n) is 8.27. The Morgan fingerprint density at radius 3 is 2.12 bits per heavy atom. The van der Waals surface area contributed by atoms with Crippen molar-refractivity contribution in [3.05, 3.63) is 96.6 Å². The average Bonchev–Trinajstić information content (AvgIpc) is 3.07. The molecule has 0 bridgehead atoms. The van der Waals surface area contributed by atoms with Gasteiger partial charge in [0.1, 0.15) is 5.75 Å². The largest absolute Gasteiger partial charge is 0.507 e. The molecule has 1 heterocycles. The Kier molecular flexibility index (Phi) is 4.05. The van der Waals surface area contributed by atoms with Crippen molar-refractivity contribution in [2.24, 2.45) is 0 Å². The van der Waals surface area contributed by atoms with Crippen molar-refractivity contribution < 1.29 is 5.11 Å². The molecule has 4 aromatic rings. The minimum Gasteiger partial charge on any atom is -0.507 e. The van der Waals surface area contributed by atoms with Crippen LogP contribution in [0.4, 0.5) is 0 Å². The van der Waals surface area contributed by atoms with Gasteiger partial charge in [0.15, 0.2) is 0 Å². The van der Waals surface area contributed by atoms with Crippen LogP contribution < -0.4 is 0 Å². The van der Waals surface area contributed by atoms with Crippen LogP contribution in [0.5, 0.6) is 5.75 Å². The zero-order valence-electron chi connectivity index (χ0n) is 13.7. The van der Waals surface area contributed by atoms with Crippen LogP contribution in [0.3, 0.4) is 0 Å². The van der Waals surface area contributed by atoms with E-state index in [9.17, 15) is 5.11 Å². The Morgan fingerprint density at radius 1 is 0.760 bits per heavy atom. The van der Waals surface area contributed by atoms with Gasteiger partial charge in [0.25, 0.3) is 0 Å².